The number of hydrogen-bond acceptors (Lipinski definition) is 1. The van der Waals surface area contributed by atoms with Crippen LogP contribution in [0.1, 0.15) is 57.4 Å². The van der Waals surface area contributed by atoms with Crippen LogP contribution in [-0.2, 0) is 6.42 Å². The van der Waals surface area contributed by atoms with Crippen LogP contribution in [0, 0.1) is 17.8 Å². The van der Waals surface area contributed by atoms with Gasteiger partial charge in [-0.15, -0.1) is 0 Å². The lowest BCUT2D eigenvalue weighted by Crippen LogP contribution is -2.15. The molecule has 128 valence electrons. The van der Waals surface area contributed by atoms with Gasteiger partial charge in [-0.05, 0) is 47.9 Å². The van der Waals surface area contributed by atoms with E-state index in [0.717, 1.165) is 23.0 Å². The lowest BCUT2D eigenvalue weighted by Gasteiger charge is -2.28. The smallest absolute Gasteiger partial charge is 0.212 e. The number of rotatable bonds is 6. The maximum Gasteiger partial charge on any atom is 0.212 e. The van der Waals surface area contributed by atoms with E-state index in [-0.39, 0.29) is 0 Å². The molecule has 0 amide bonds. The predicted molar refractivity (Wildman–Crippen MR) is 98.3 cm³/mol. The van der Waals surface area contributed by atoms with E-state index in [9.17, 15) is 4.39 Å². The molecule has 0 atom stereocenters. The van der Waals surface area contributed by atoms with Gasteiger partial charge in [0.25, 0.3) is 0 Å². The average molecular weight is 325 g/mol. The Morgan fingerprint density at radius 2 is 1.50 bits per heavy atom. The third-order valence-corrected chi connectivity index (χ3v) is 5.52. The van der Waals surface area contributed by atoms with Gasteiger partial charge < -0.3 is 0 Å². The number of benzene rings is 1. The van der Waals surface area contributed by atoms with Crippen LogP contribution in [0.15, 0.2) is 42.6 Å². The van der Waals surface area contributed by atoms with Crippen molar-refractivity contribution in [1.29, 1.82) is 0 Å². The van der Waals surface area contributed by atoms with Gasteiger partial charge in [-0.2, -0.15) is 4.39 Å². The summed E-state index contributed by atoms with van der Waals surface area (Å²) in [6, 6.07) is 11.9. The molecule has 1 saturated carbocycles. The molecule has 1 aliphatic carbocycles. The predicted octanol–water partition coefficient (Wildman–Crippen LogP) is 6.43. The van der Waals surface area contributed by atoms with Crippen LogP contribution < -0.4 is 0 Å². The maximum atomic E-state index is 12.9. The average Bonchev–Trinajstić information content (AvgIpc) is 2.63. The molecule has 0 aliphatic heterocycles. The molecule has 1 heterocycles. The van der Waals surface area contributed by atoms with E-state index in [0.29, 0.717) is 0 Å². The Labute approximate surface area is 145 Å². The van der Waals surface area contributed by atoms with Crippen molar-refractivity contribution in [3.05, 3.63) is 54.1 Å². The van der Waals surface area contributed by atoms with Crippen LogP contribution in [-0.4, -0.2) is 4.98 Å². The van der Waals surface area contributed by atoms with Crippen LogP contribution in [0.3, 0.4) is 0 Å². The fourth-order valence-corrected chi connectivity index (χ4v) is 4.00. The highest BCUT2D eigenvalue weighted by atomic mass is 19.1. The number of nitrogens with zero attached hydrogens (tertiary/aromatic N) is 1. The maximum absolute atomic E-state index is 12.9. The van der Waals surface area contributed by atoms with E-state index < -0.39 is 5.95 Å². The second kappa shape index (κ2) is 8.41. The van der Waals surface area contributed by atoms with Crippen LogP contribution in [0.2, 0.25) is 0 Å². The quantitative estimate of drug-likeness (QED) is 0.558. The van der Waals surface area contributed by atoms with Crippen molar-refractivity contribution in [3.8, 4) is 11.1 Å². The van der Waals surface area contributed by atoms with Gasteiger partial charge in [0, 0.05) is 11.8 Å². The molecule has 1 fully saturated rings. The summed E-state index contributed by atoms with van der Waals surface area (Å²) in [5.74, 6) is 1.48. The molecule has 1 nitrogen and oxygen atoms in total. The Morgan fingerprint density at radius 3 is 2.08 bits per heavy atom. The molecule has 2 aromatic rings. The summed E-state index contributed by atoms with van der Waals surface area (Å²) in [4.78, 5) is 3.73. The molecular weight excluding hydrogens is 297 g/mol. The summed E-state index contributed by atoms with van der Waals surface area (Å²) in [5.41, 5.74) is 3.48. The molecule has 0 spiro atoms. The number of aryl methyl sites for hydroxylation is 1. The van der Waals surface area contributed by atoms with E-state index in [1.807, 2.05) is 0 Å². The first-order chi connectivity index (χ1) is 11.7. The van der Waals surface area contributed by atoms with E-state index in [4.69, 9.17) is 0 Å². The van der Waals surface area contributed by atoms with Crippen LogP contribution in [0.5, 0.6) is 0 Å². The van der Waals surface area contributed by atoms with Crippen LogP contribution in [0.4, 0.5) is 4.39 Å². The molecule has 0 saturated heterocycles. The first kappa shape index (κ1) is 17.1. The van der Waals surface area contributed by atoms with Crippen LogP contribution >= 0.6 is 0 Å². The standard InChI is InChI=1S/C22H28FN/c1-2-3-17-4-6-18(7-5-17)8-9-19-10-12-20(13-11-19)21-14-15-22(23)24-16-21/h10-18H,2-9H2,1H3/t17-,18-. The fraction of sp³-hybridized carbons (Fsp3) is 0.500. The Kier molecular flexibility index (Phi) is 6.01. The molecule has 0 radical (unpaired) electrons. The molecule has 0 unspecified atom stereocenters. The van der Waals surface area contributed by atoms with Crippen molar-refractivity contribution in [1.82, 2.24) is 4.98 Å². The Balaban J connectivity index is 1.49. The minimum Gasteiger partial charge on any atom is -0.228 e. The molecule has 0 bridgehead atoms. The zero-order valence-electron chi connectivity index (χ0n) is 14.7. The van der Waals surface area contributed by atoms with E-state index in [1.165, 1.54) is 63.0 Å². The van der Waals surface area contributed by atoms with Gasteiger partial charge >= 0.3 is 0 Å². The zero-order chi connectivity index (χ0) is 16.8. The van der Waals surface area contributed by atoms with Crippen molar-refractivity contribution in [2.75, 3.05) is 0 Å². The van der Waals surface area contributed by atoms with Gasteiger partial charge in [0.05, 0.1) is 0 Å². The summed E-state index contributed by atoms with van der Waals surface area (Å²) in [7, 11) is 0. The Morgan fingerprint density at radius 1 is 0.875 bits per heavy atom. The summed E-state index contributed by atoms with van der Waals surface area (Å²) in [6.45, 7) is 2.30. The highest BCUT2D eigenvalue weighted by molar-refractivity contribution is 5.62. The number of pyridine rings is 1. The molecule has 2 heteroatoms. The first-order valence-electron chi connectivity index (χ1n) is 9.45. The minimum absolute atomic E-state index is 0.427. The van der Waals surface area contributed by atoms with Gasteiger partial charge in [-0.25, -0.2) is 4.98 Å². The van der Waals surface area contributed by atoms with Gasteiger partial charge in [-0.1, -0.05) is 69.7 Å². The summed E-state index contributed by atoms with van der Waals surface area (Å²) < 4.78 is 12.9. The minimum atomic E-state index is -0.427. The molecule has 1 aliphatic rings. The second-order valence-corrected chi connectivity index (χ2v) is 7.28. The van der Waals surface area contributed by atoms with Crippen molar-refractivity contribution >= 4 is 0 Å². The lowest BCUT2D eigenvalue weighted by molar-refractivity contribution is 0.252. The van der Waals surface area contributed by atoms with E-state index >= 15 is 0 Å². The largest absolute Gasteiger partial charge is 0.228 e. The van der Waals surface area contributed by atoms with Crippen LogP contribution in [0.25, 0.3) is 11.1 Å². The highest BCUT2D eigenvalue weighted by Gasteiger charge is 2.20. The first-order valence-corrected chi connectivity index (χ1v) is 9.45. The zero-order valence-corrected chi connectivity index (χ0v) is 14.7. The van der Waals surface area contributed by atoms with Gasteiger partial charge in [0.1, 0.15) is 0 Å². The summed E-state index contributed by atoms with van der Waals surface area (Å²) >= 11 is 0. The van der Waals surface area contributed by atoms with Gasteiger partial charge in [-0.3, -0.25) is 0 Å². The summed E-state index contributed by atoms with van der Waals surface area (Å²) in [6.07, 6.45) is 12.6. The lowest BCUT2D eigenvalue weighted by atomic mass is 9.78. The molecule has 1 aromatic carbocycles. The van der Waals surface area contributed by atoms with Crippen molar-refractivity contribution in [2.45, 2.75) is 58.3 Å². The normalized spacial score (nSPS) is 20.9. The molecule has 1 aromatic heterocycles. The monoisotopic (exact) mass is 325 g/mol. The third kappa shape index (κ3) is 4.66. The van der Waals surface area contributed by atoms with Crippen molar-refractivity contribution in [3.63, 3.8) is 0 Å². The van der Waals surface area contributed by atoms with E-state index in [2.05, 4.69) is 36.2 Å². The second-order valence-electron chi connectivity index (χ2n) is 7.28. The van der Waals surface area contributed by atoms with E-state index in [1.54, 1.807) is 12.3 Å². The van der Waals surface area contributed by atoms with Gasteiger partial charge in [0.2, 0.25) is 5.95 Å². The number of halogens is 1. The topological polar surface area (TPSA) is 12.9 Å². The molecule has 0 N–H and O–H groups in total. The fourth-order valence-electron chi connectivity index (χ4n) is 4.00. The number of aromatic nitrogens is 1. The van der Waals surface area contributed by atoms with Crippen molar-refractivity contribution < 1.29 is 4.39 Å². The van der Waals surface area contributed by atoms with Gasteiger partial charge in [0.15, 0.2) is 0 Å². The number of hydrogen-bond donors (Lipinski definition) is 0. The highest BCUT2D eigenvalue weighted by Crippen LogP contribution is 2.34. The SMILES string of the molecule is CCC[C@H]1CC[C@H](CCc2ccc(-c3ccc(F)nc3)cc2)CC1. The molecular formula is C22H28FN. The van der Waals surface area contributed by atoms with Crippen molar-refractivity contribution in [2.24, 2.45) is 11.8 Å². The molecule has 24 heavy (non-hydrogen) atoms. The third-order valence-electron chi connectivity index (χ3n) is 5.52. The summed E-state index contributed by atoms with van der Waals surface area (Å²) in [5, 5.41) is 0. The Hall–Kier alpha value is -1.70. The molecule has 3 rings (SSSR count). The Bertz CT molecular complexity index is 609.